The first-order valence-corrected chi connectivity index (χ1v) is 11.4. The van der Waals surface area contributed by atoms with Gasteiger partial charge in [0.25, 0.3) is 0 Å². The summed E-state index contributed by atoms with van der Waals surface area (Å²) in [6.07, 6.45) is 5.97. The lowest BCUT2D eigenvalue weighted by Gasteiger charge is -2.66. The van der Waals surface area contributed by atoms with Crippen molar-refractivity contribution in [1.82, 2.24) is 0 Å². The van der Waals surface area contributed by atoms with Crippen LogP contribution >= 0.6 is 10.0 Å². The summed E-state index contributed by atoms with van der Waals surface area (Å²) in [5.41, 5.74) is 0.210. The third kappa shape index (κ3) is 1.58. The molecule has 4 nitrogen and oxygen atoms in total. The first-order chi connectivity index (χ1) is 11.9. The van der Waals surface area contributed by atoms with Crippen molar-refractivity contribution in [2.24, 2.45) is 0 Å². The molecule has 2 heterocycles. The van der Waals surface area contributed by atoms with E-state index in [0.29, 0.717) is 25.0 Å². The number of carbonyl (C=O) groups excluding carboxylic acids is 1. The quantitative estimate of drug-likeness (QED) is 0.795. The largest absolute Gasteiger partial charge is 0.508 e. The standard InChI is InChI=1S/C20H24O4S/c1-3-9-25(2)10-8-19-17-12-11-16(25)20(19,23)7-6-14(22)18(19)24-15(17)5-4-13(12)21/h3-5,16,18,21,23H,1,6-11H2,2H3/t16?,18?,19-,20?/m0/s1. The third-order valence-corrected chi connectivity index (χ3v) is 11.3. The molecule has 2 aliphatic carbocycles. The Bertz CT molecular complexity index is 820. The average Bonchev–Trinajstić information content (AvgIpc) is 2.91. The Balaban J connectivity index is 1.83. The lowest BCUT2D eigenvalue weighted by Crippen LogP contribution is -2.73. The predicted molar refractivity (Wildman–Crippen MR) is 98.9 cm³/mol. The molecule has 25 heavy (non-hydrogen) atoms. The van der Waals surface area contributed by atoms with Crippen LogP contribution < -0.4 is 4.74 Å². The van der Waals surface area contributed by atoms with E-state index in [9.17, 15) is 15.0 Å². The molecule has 5 rings (SSSR count). The average molecular weight is 360 g/mol. The molecule has 0 radical (unpaired) electrons. The molecule has 1 aromatic rings. The van der Waals surface area contributed by atoms with Crippen molar-refractivity contribution < 1.29 is 19.7 Å². The lowest BCUT2D eigenvalue weighted by atomic mass is 9.52. The summed E-state index contributed by atoms with van der Waals surface area (Å²) in [5.74, 6) is 2.97. The zero-order valence-corrected chi connectivity index (χ0v) is 15.3. The number of hydrogen-bond donors (Lipinski definition) is 2. The Hall–Kier alpha value is -1.46. The molecule has 0 amide bonds. The second-order valence-electron chi connectivity index (χ2n) is 8.25. The van der Waals surface area contributed by atoms with Gasteiger partial charge in [-0.1, -0.05) is 6.08 Å². The van der Waals surface area contributed by atoms with Gasteiger partial charge in [-0.3, -0.25) is 4.79 Å². The number of ketones is 1. The molecule has 1 aromatic carbocycles. The van der Waals surface area contributed by atoms with E-state index in [4.69, 9.17) is 4.74 Å². The van der Waals surface area contributed by atoms with E-state index >= 15 is 0 Å². The second kappa shape index (κ2) is 4.63. The Morgan fingerprint density at radius 3 is 3.00 bits per heavy atom. The Labute approximate surface area is 149 Å². The van der Waals surface area contributed by atoms with Crippen LogP contribution in [0.1, 0.15) is 30.4 Å². The van der Waals surface area contributed by atoms with Crippen molar-refractivity contribution >= 4 is 15.8 Å². The highest BCUT2D eigenvalue weighted by molar-refractivity contribution is 8.33. The van der Waals surface area contributed by atoms with Gasteiger partial charge in [0.15, 0.2) is 11.9 Å². The highest BCUT2D eigenvalue weighted by atomic mass is 32.3. The summed E-state index contributed by atoms with van der Waals surface area (Å²) in [7, 11) is -1.12. The van der Waals surface area contributed by atoms with E-state index in [-0.39, 0.29) is 16.8 Å². The summed E-state index contributed by atoms with van der Waals surface area (Å²) >= 11 is 0. The molecule has 4 unspecified atom stereocenters. The molecule has 1 saturated carbocycles. The summed E-state index contributed by atoms with van der Waals surface area (Å²) in [6, 6.07) is 3.44. The fourth-order valence-corrected chi connectivity index (χ4v) is 10.0. The Morgan fingerprint density at radius 1 is 1.44 bits per heavy atom. The molecule has 5 atom stereocenters. The smallest absolute Gasteiger partial charge is 0.174 e. The molecule has 134 valence electrons. The van der Waals surface area contributed by atoms with Gasteiger partial charge < -0.3 is 14.9 Å². The van der Waals surface area contributed by atoms with Crippen molar-refractivity contribution in [3.63, 3.8) is 0 Å². The molecular weight excluding hydrogens is 336 g/mol. The van der Waals surface area contributed by atoms with E-state index in [1.165, 1.54) is 0 Å². The number of ether oxygens (including phenoxy) is 1. The fourth-order valence-electron chi connectivity index (χ4n) is 6.17. The van der Waals surface area contributed by atoms with Gasteiger partial charge in [0.05, 0.1) is 11.0 Å². The van der Waals surface area contributed by atoms with Crippen LogP contribution in [0.4, 0.5) is 0 Å². The van der Waals surface area contributed by atoms with Crippen molar-refractivity contribution in [2.75, 3.05) is 17.8 Å². The number of carbonyl (C=O) groups is 1. The Kier molecular flexibility index (Phi) is 2.92. The molecule has 1 saturated heterocycles. The van der Waals surface area contributed by atoms with Gasteiger partial charge in [-0.25, -0.2) is 10.0 Å². The second-order valence-corrected chi connectivity index (χ2v) is 12.3. The summed E-state index contributed by atoms with van der Waals surface area (Å²) in [6.45, 7) is 3.94. The molecular formula is C20H24O4S. The number of phenolic OH excluding ortho intramolecular Hbond substituents is 1. The highest BCUT2D eigenvalue weighted by Crippen LogP contribution is 2.72. The molecule has 4 aliphatic rings. The Morgan fingerprint density at radius 2 is 2.24 bits per heavy atom. The summed E-state index contributed by atoms with van der Waals surface area (Å²) < 4.78 is 6.11. The van der Waals surface area contributed by atoms with Crippen molar-refractivity contribution in [2.45, 2.75) is 48.1 Å². The van der Waals surface area contributed by atoms with E-state index in [1.807, 2.05) is 6.08 Å². The van der Waals surface area contributed by atoms with Crippen LogP contribution in [0.25, 0.3) is 0 Å². The maximum Gasteiger partial charge on any atom is 0.174 e. The van der Waals surface area contributed by atoms with Crippen LogP contribution in [0.2, 0.25) is 0 Å². The van der Waals surface area contributed by atoms with E-state index in [1.54, 1.807) is 12.1 Å². The van der Waals surface area contributed by atoms with Gasteiger partial charge in [0, 0.05) is 22.8 Å². The zero-order chi connectivity index (χ0) is 17.6. The van der Waals surface area contributed by atoms with Gasteiger partial charge in [-0.05, 0) is 49.2 Å². The number of Topliss-reactive ketones (excluding diaryl/α,β-unsaturated/α-hetero) is 1. The number of phenols is 1. The van der Waals surface area contributed by atoms with Gasteiger partial charge >= 0.3 is 0 Å². The first kappa shape index (κ1) is 15.8. The van der Waals surface area contributed by atoms with E-state index < -0.39 is 27.1 Å². The van der Waals surface area contributed by atoms with Gasteiger partial charge in [0.1, 0.15) is 11.5 Å². The van der Waals surface area contributed by atoms with Crippen molar-refractivity contribution in [1.29, 1.82) is 0 Å². The van der Waals surface area contributed by atoms with Crippen LogP contribution in [-0.4, -0.2) is 50.7 Å². The maximum absolute atomic E-state index is 12.7. The van der Waals surface area contributed by atoms with Crippen LogP contribution in [-0.2, 0) is 16.6 Å². The molecule has 2 bridgehead atoms. The number of aliphatic hydroxyl groups is 1. The van der Waals surface area contributed by atoms with Crippen LogP contribution in [0.3, 0.4) is 0 Å². The van der Waals surface area contributed by atoms with Crippen LogP contribution in [0.15, 0.2) is 24.8 Å². The number of benzene rings is 1. The van der Waals surface area contributed by atoms with Crippen molar-refractivity contribution in [3.05, 3.63) is 35.9 Å². The minimum atomic E-state index is -1.12. The van der Waals surface area contributed by atoms with Crippen LogP contribution in [0.5, 0.6) is 11.5 Å². The monoisotopic (exact) mass is 360 g/mol. The molecule has 5 heteroatoms. The summed E-state index contributed by atoms with van der Waals surface area (Å²) in [4.78, 5) is 12.7. The summed E-state index contributed by atoms with van der Waals surface area (Å²) in [5, 5.41) is 22.7. The topological polar surface area (TPSA) is 66.8 Å². The number of rotatable bonds is 2. The van der Waals surface area contributed by atoms with Gasteiger partial charge in [-0.2, -0.15) is 0 Å². The number of hydrogen-bond acceptors (Lipinski definition) is 4. The van der Waals surface area contributed by atoms with Gasteiger partial charge in [-0.15, -0.1) is 6.58 Å². The van der Waals surface area contributed by atoms with Crippen LogP contribution in [0, 0.1) is 0 Å². The molecule has 1 spiro atoms. The van der Waals surface area contributed by atoms with Gasteiger partial charge in [0.2, 0.25) is 0 Å². The maximum atomic E-state index is 12.7. The SMILES string of the molecule is C=CCS1(C)CC[C@@]23c4c5ccc(O)c4CC1C2(O)CCC(=O)C3O5. The van der Waals surface area contributed by atoms with E-state index in [2.05, 4.69) is 12.8 Å². The fraction of sp³-hybridized carbons (Fsp3) is 0.550. The lowest BCUT2D eigenvalue weighted by molar-refractivity contribution is -0.153. The normalized spacial score (nSPS) is 45.9. The molecule has 2 fully saturated rings. The minimum absolute atomic E-state index is 0.0673. The van der Waals surface area contributed by atoms with E-state index in [0.717, 1.165) is 29.1 Å². The van der Waals surface area contributed by atoms with Crippen molar-refractivity contribution in [3.8, 4) is 11.5 Å². The molecule has 2 N–H and O–H groups in total. The molecule has 0 aromatic heterocycles. The highest BCUT2D eigenvalue weighted by Gasteiger charge is 2.74. The molecule has 2 aliphatic heterocycles. The predicted octanol–water partition coefficient (Wildman–Crippen LogP) is 2.43. The minimum Gasteiger partial charge on any atom is -0.508 e. The zero-order valence-electron chi connectivity index (χ0n) is 14.5. The first-order valence-electron chi connectivity index (χ1n) is 8.98. The third-order valence-electron chi connectivity index (χ3n) is 7.28. The number of aromatic hydroxyl groups is 1.